The van der Waals surface area contributed by atoms with Crippen molar-refractivity contribution in [3.05, 3.63) is 34.9 Å². The number of carbonyl (C=O) groups is 2. The molecule has 0 spiro atoms. The summed E-state index contributed by atoms with van der Waals surface area (Å²) in [6.45, 7) is 2.74. The summed E-state index contributed by atoms with van der Waals surface area (Å²) in [5.41, 5.74) is 1.08. The average molecular weight is 328 g/mol. The minimum absolute atomic E-state index is 0.0117. The summed E-state index contributed by atoms with van der Waals surface area (Å²) >= 11 is 7.44. The molecule has 1 aromatic rings. The molecule has 0 saturated carbocycles. The zero-order valence-corrected chi connectivity index (χ0v) is 13.4. The van der Waals surface area contributed by atoms with Crippen LogP contribution in [0.25, 0.3) is 0 Å². The summed E-state index contributed by atoms with van der Waals surface area (Å²) in [6.07, 6.45) is 0. The number of hydrogen-bond acceptors (Lipinski definition) is 3. The molecule has 1 aromatic carbocycles. The van der Waals surface area contributed by atoms with Gasteiger partial charge in [0.15, 0.2) is 0 Å². The number of carbonyl (C=O) groups excluding carboxylic acids is 1. The van der Waals surface area contributed by atoms with Gasteiger partial charge in [0.05, 0.1) is 11.7 Å². The Morgan fingerprint density at radius 1 is 1.43 bits per heavy atom. The van der Waals surface area contributed by atoms with Crippen molar-refractivity contribution in [3.63, 3.8) is 0 Å². The Hall–Kier alpha value is -1.20. The Morgan fingerprint density at radius 2 is 2.19 bits per heavy atom. The molecule has 0 aromatic heterocycles. The summed E-state index contributed by atoms with van der Waals surface area (Å²) in [5, 5.41) is 9.77. The zero-order chi connectivity index (χ0) is 15.4. The molecule has 1 amide bonds. The fourth-order valence-corrected chi connectivity index (χ4v) is 3.55. The fraction of sp³-hybridized carbons (Fsp3) is 0.467. The van der Waals surface area contributed by atoms with Crippen molar-refractivity contribution in [2.24, 2.45) is 11.8 Å². The number of amides is 1. The van der Waals surface area contributed by atoms with Crippen molar-refractivity contribution in [2.45, 2.75) is 12.7 Å². The van der Waals surface area contributed by atoms with E-state index in [1.807, 2.05) is 31.2 Å². The van der Waals surface area contributed by atoms with Crippen molar-refractivity contribution in [1.82, 2.24) is 4.90 Å². The lowest BCUT2D eigenvalue weighted by Gasteiger charge is -2.15. The largest absolute Gasteiger partial charge is 0.481 e. The average Bonchev–Trinajstić information content (AvgIpc) is 2.81. The second kappa shape index (κ2) is 7.18. The van der Waals surface area contributed by atoms with Gasteiger partial charge in [-0.2, -0.15) is 0 Å². The first-order valence-corrected chi connectivity index (χ1v) is 8.33. The number of thioether (sulfide) groups is 1. The first-order valence-electron chi connectivity index (χ1n) is 6.80. The van der Waals surface area contributed by atoms with Gasteiger partial charge < -0.3 is 10.0 Å². The van der Waals surface area contributed by atoms with Crippen molar-refractivity contribution in [2.75, 3.05) is 18.8 Å². The van der Waals surface area contributed by atoms with E-state index in [4.69, 9.17) is 16.7 Å². The predicted molar refractivity (Wildman–Crippen MR) is 84.5 cm³/mol. The maximum absolute atomic E-state index is 12.1. The molecule has 21 heavy (non-hydrogen) atoms. The Kier molecular flexibility index (Phi) is 5.53. The molecular formula is C15H18ClNO3S. The summed E-state index contributed by atoms with van der Waals surface area (Å²) in [6, 6.07) is 7.57. The summed E-state index contributed by atoms with van der Waals surface area (Å²) in [7, 11) is 0. The zero-order valence-electron chi connectivity index (χ0n) is 11.8. The molecule has 0 aliphatic carbocycles. The second-order valence-electron chi connectivity index (χ2n) is 5.34. The number of benzene rings is 1. The van der Waals surface area contributed by atoms with E-state index in [0.717, 1.165) is 11.3 Å². The molecule has 6 heteroatoms. The third-order valence-electron chi connectivity index (χ3n) is 3.67. The highest BCUT2D eigenvalue weighted by Gasteiger charge is 2.36. The van der Waals surface area contributed by atoms with E-state index in [-0.39, 0.29) is 11.8 Å². The van der Waals surface area contributed by atoms with Crippen LogP contribution in [0, 0.1) is 11.8 Å². The number of nitrogens with zero attached hydrogens (tertiary/aromatic N) is 1. The smallest absolute Gasteiger partial charge is 0.308 e. The van der Waals surface area contributed by atoms with Crippen LogP contribution in [-0.2, 0) is 15.3 Å². The molecule has 0 bridgehead atoms. The van der Waals surface area contributed by atoms with Crippen LogP contribution in [0.3, 0.4) is 0 Å². The van der Waals surface area contributed by atoms with Crippen molar-refractivity contribution in [1.29, 1.82) is 0 Å². The first kappa shape index (κ1) is 16.2. The van der Waals surface area contributed by atoms with Crippen molar-refractivity contribution < 1.29 is 14.7 Å². The lowest BCUT2D eigenvalue weighted by molar-refractivity contribution is -0.142. The maximum atomic E-state index is 12.1. The topological polar surface area (TPSA) is 57.6 Å². The number of rotatable bonds is 5. The lowest BCUT2D eigenvalue weighted by atomic mass is 9.99. The van der Waals surface area contributed by atoms with Gasteiger partial charge >= 0.3 is 5.97 Å². The van der Waals surface area contributed by atoms with Gasteiger partial charge in [-0.15, -0.1) is 11.8 Å². The molecule has 1 saturated heterocycles. The van der Waals surface area contributed by atoms with E-state index in [1.54, 1.807) is 4.90 Å². The Labute approximate surface area is 133 Å². The highest BCUT2D eigenvalue weighted by atomic mass is 35.5. The molecule has 1 fully saturated rings. The maximum Gasteiger partial charge on any atom is 0.308 e. The third-order valence-corrected chi connectivity index (χ3v) is 4.89. The molecular weight excluding hydrogens is 310 g/mol. The molecule has 2 rings (SSSR count). The van der Waals surface area contributed by atoms with E-state index in [2.05, 4.69) is 0 Å². The molecule has 1 N–H and O–H groups in total. The Morgan fingerprint density at radius 3 is 2.81 bits per heavy atom. The van der Waals surface area contributed by atoms with Crippen LogP contribution < -0.4 is 0 Å². The first-order chi connectivity index (χ1) is 9.97. The van der Waals surface area contributed by atoms with E-state index >= 15 is 0 Å². The van der Waals surface area contributed by atoms with E-state index in [9.17, 15) is 9.59 Å². The highest BCUT2D eigenvalue weighted by molar-refractivity contribution is 7.99. The lowest BCUT2D eigenvalue weighted by Crippen LogP contribution is -2.31. The Bertz CT molecular complexity index is 537. The van der Waals surface area contributed by atoms with Crippen molar-refractivity contribution in [3.8, 4) is 0 Å². The van der Waals surface area contributed by atoms with E-state index in [1.165, 1.54) is 11.8 Å². The van der Waals surface area contributed by atoms with E-state index in [0.29, 0.717) is 23.9 Å². The molecule has 1 heterocycles. The normalized spacial score (nSPS) is 21.5. The summed E-state index contributed by atoms with van der Waals surface area (Å²) in [4.78, 5) is 24.8. The number of halogens is 1. The van der Waals surface area contributed by atoms with Gasteiger partial charge in [-0.1, -0.05) is 30.7 Å². The predicted octanol–water partition coefficient (Wildman–Crippen LogP) is 2.75. The van der Waals surface area contributed by atoms with Gasteiger partial charge in [0.1, 0.15) is 0 Å². The molecule has 0 radical (unpaired) electrons. The highest BCUT2D eigenvalue weighted by Crippen LogP contribution is 2.24. The van der Waals surface area contributed by atoms with E-state index < -0.39 is 11.9 Å². The van der Waals surface area contributed by atoms with Gasteiger partial charge in [0, 0.05) is 23.9 Å². The molecule has 1 aliphatic rings. The standard InChI is InChI=1S/C15H18ClNO3S/c1-10-6-17(7-13(10)15(19)20)14(18)9-21-8-11-3-2-4-12(16)5-11/h2-5,10,13H,6-9H2,1H3,(H,19,20)/t10-,13-/m1/s1. The Balaban J connectivity index is 1.79. The minimum Gasteiger partial charge on any atom is -0.481 e. The summed E-state index contributed by atoms with van der Waals surface area (Å²) < 4.78 is 0. The van der Waals surface area contributed by atoms with Gasteiger partial charge in [-0.25, -0.2) is 0 Å². The van der Waals surface area contributed by atoms with Gasteiger partial charge in [0.25, 0.3) is 0 Å². The van der Waals surface area contributed by atoms with Gasteiger partial charge in [0.2, 0.25) is 5.91 Å². The quantitative estimate of drug-likeness (QED) is 0.903. The number of carboxylic acids is 1. The molecule has 2 atom stereocenters. The molecule has 4 nitrogen and oxygen atoms in total. The number of aliphatic carboxylic acids is 1. The second-order valence-corrected chi connectivity index (χ2v) is 6.77. The van der Waals surface area contributed by atoms with Crippen LogP contribution in [0.5, 0.6) is 0 Å². The van der Waals surface area contributed by atoms with Crippen LogP contribution in [-0.4, -0.2) is 40.7 Å². The van der Waals surface area contributed by atoms with Crippen LogP contribution in [0.15, 0.2) is 24.3 Å². The monoisotopic (exact) mass is 327 g/mol. The van der Waals surface area contributed by atoms with Gasteiger partial charge in [-0.3, -0.25) is 9.59 Å². The van der Waals surface area contributed by atoms with Crippen LogP contribution >= 0.6 is 23.4 Å². The molecule has 1 aliphatic heterocycles. The number of likely N-dealkylation sites (tertiary alicyclic amines) is 1. The fourth-order valence-electron chi connectivity index (χ4n) is 2.47. The molecule has 114 valence electrons. The number of carboxylic acid groups (broad SMARTS) is 1. The number of hydrogen-bond donors (Lipinski definition) is 1. The SMILES string of the molecule is C[C@@H]1CN(C(=O)CSCc2cccc(Cl)c2)C[C@H]1C(=O)O. The van der Waals surface area contributed by atoms with Crippen molar-refractivity contribution >= 4 is 35.2 Å². The van der Waals surface area contributed by atoms with Crippen LogP contribution in [0.4, 0.5) is 0 Å². The summed E-state index contributed by atoms with van der Waals surface area (Å²) in [5.74, 6) is -0.137. The minimum atomic E-state index is -0.815. The third kappa shape index (κ3) is 4.38. The van der Waals surface area contributed by atoms with Gasteiger partial charge in [-0.05, 0) is 23.6 Å². The van der Waals surface area contributed by atoms with Crippen LogP contribution in [0.1, 0.15) is 12.5 Å². The van der Waals surface area contributed by atoms with Crippen LogP contribution in [0.2, 0.25) is 5.02 Å². The molecule has 0 unspecified atom stereocenters.